The summed E-state index contributed by atoms with van der Waals surface area (Å²) in [6.45, 7) is -0.0641. The lowest BCUT2D eigenvalue weighted by atomic mass is 10.2. The minimum absolute atomic E-state index is 0.246. The van der Waals surface area contributed by atoms with Gasteiger partial charge in [0.25, 0.3) is 0 Å². The zero-order chi connectivity index (χ0) is 15.5. The van der Waals surface area contributed by atoms with E-state index in [1.54, 1.807) is 24.3 Å². The van der Waals surface area contributed by atoms with Crippen LogP contribution in [0.1, 0.15) is 11.1 Å². The molecular weight excluding hydrogens is 285 g/mol. The van der Waals surface area contributed by atoms with Gasteiger partial charge in [0, 0.05) is 18.4 Å². The number of hydrogen-bond donors (Lipinski definition) is 2. The number of nitrogens with zero attached hydrogens (tertiary/aromatic N) is 2. The van der Waals surface area contributed by atoms with Crippen LogP contribution < -0.4 is 11.1 Å². The average Bonchev–Trinajstić information content (AvgIpc) is 2.87. The lowest BCUT2D eigenvalue weighted by Crippen LogP contribution is -2.20. The topological polar surface area (TPSA) is 72.9 Å². The summed E-state index contributed by atoms with van der Waals surface area (Å²) in [6.07, 6.45) is -3.00. The standard InChI is InChI=1S/C13H13F3N4O/c14-13(15,16)10-6-18-20(7-10)8-12(21)19-11-4-2-1-3-9(11)5-17/h1-4,6-7H,5,8,17H2,(H,19,21). The second-order valence-electron chi connectivity index (χ2n) is 4.33. The normalized spacial score (nSPS) is 11.4. The van der Waals surface area contributed by atoms with Crippen LogP contribution in [0.4, 0.5) is 18.9 Å². The maximum atomic E-state index is 12.4. The molecule has 1 aromatic heterocycles. The first kappa shape index (κ1) is 15.0. The van der Waals surface area contributed by atoms with Crippen molar-refractivity contribution in [1.29, 1.82) is 0 Å². The van der Waals surface area contributed by atoms with Crippen LogP contribution >= 0.6 is 0 Å². The highest BCUT2D eigenvalue weighted by Gasteiger charge is 2.32. The Morgan fingerprint density at radius 2 is 2.05 bits per heavy atom. The maximum absolute atomic E-state index is 12.4. The van der Waals surface area contributed by atoms with Crippen molar-refractivity contribution in [2.75, 3.05) is 5.32 Å². The van der Waals surface area contributed by atoms with Gasteiger partial charge >= 0.3 is 6.18 Å². The lowest BCUT2D eigenvalue weighted by molar-refractivity contribution is -0.137. The molecule has 5 nitrogen and oxygen atoms in total. The number of amides is 1. The molecule has 2 rings (SSSR count). The number of aromatic nitrogens is 2. The van der Waals surface area contributed by atoms with Crippen LogP contribution in [0.3, 0.4) is 0 Å². The second-order valence-corrected chi connectivity index (χ2v) is 4.33. The molecule has 1 aromatic carbocycles. The molecule has 0 aliphatic carbocycles. The predicted octanol–water partition coefficient (Wildman–Crippen LogP) is 2.00. The molecule has 3 N–H and O–H groups in total. The largest absolute Gasteiger partial charge is 0.419 e. The highest BCUT2D eigenvalue weighted by molar-refractivity contribution is 5.91. The Morgan fingerprint density at radius 3 is 2.67 bits per heavy atom. The van der Waals surface area contributed by atoms with Crippen molar-refractivity contribution in [1.82, 2.24) is 9.78 Å². The molecule has 112 valence electrons. The van der Waals surface area contributed by atoms with Gasteiger partial charge in [-0.15, -0.1) is 0 Å². The smallest absolute Gasteiger partial charge is 0.326 e. The van der Waals surface area contributed by atoms with Crippen molar-refractivity contribution in [2.45, 2.75) is 19.3 Å². The SMILES string of the molecule is NCc1ccccc1NC(=O)Cn1cc(C(F)(F)F)cn1. The molecule has 0 atom stereocenters. The molecule has 2 aromatic rings. The van der Waals surface area contributed by atoms with Gasteiger partial charge in [0.05, 0.1) is 11.8 Å². The van der Waals surface area contributed by atoms with Gasteiger partial charge in [0.15, 0.2) is 0 Å². The summed E-state index contributed by atoms with van der Waals surface area (Å²) in [5.41, 5.74) is 5.92. The van der Waals surface area contributed by atoms with E-state index < -0.39 is 17.6 Å². The van der Waals surface area contributed by atoms with Crippen LogP contribution in [0.15, 0.2) is 36.7 Å². The summed E-state index contributed by atoms with van der Waals surface area (Å²) in [5, 5.41) is 6.11. The van der Waals surface area contributed by atoms with Crippen molar-refractivity contribution in [3.63, 3.8) is 0 Å². The van der Waals surface area contributed by atoms with Crippen LogP contribution in [0.25, 0.3) is 0 Å². The summed E-state index contributed by atoms with van der Waals surface area (Å²) in [6, 6.07) is 6.93. The first-order valence-electron chi connectivity index (χ1n) is 6.07. The molecule has 1 amide bonds. The molecule has 0 spiro atoms. The Balaban J connectivity index is 2.03. The van der Waals surface area contributed by atoms with Crippen molar-refractivity contribution in [2.24, 2.45) is 5.73 Å². The number of hydrogen-bond acceptors (Lipinski definition) is 3. The molecular formula is C13H13F3N4O. The van der Waals surface area contributed by atoms with Crippen LogP contribution in [0.2, 0.25) is 0 Å². The number of carbonyl (C=O) groups excluding carboxylic acids is 1. The van der Waals surface area contributed by atoms with E-state index in [-0.39, 0.29) is 13.1 Å². The number of rotatable bonds is 4. The van der Waals surface area contributed by atoms with Crippen molar-refractivity contribution in [3.8, 4) is 0 Å². The van der Waals surface area contributed by atoms with Crippen LogP contribution in [0, 0.1) is 0 Å². The van der Waals surface area contributed by atoms with E-state index in [0.29, 0.717) is 11.9 Å². The van der Waals surface area contributed by atoms with E-state index in [1.807, 2.05) is 0 Å². The van der Waals surface area contributed by atoms with Gasteiger partial charge in [-0.1, -0.05) is 18.2 Å². The van der Waals surface area contributed by atoms with E-state index in [2.05, 4.69) is 10.4 Å². The second kappa shape index (κ2) is 5.96. The van der Waals surface area contributed by atoms with Gasteiger partial charge in [0.2, 0.25) is 5.91 Å². The van der Waals surface area contributed by atoms with Gasteiger partial charge in [-0.05, 0) is 11.6 Å². The minimum atomic E-state index is -4.47. The average molecular weight is 298 g/mol. The van der Waals surface area contributed by atoms with Gasteiger partial charge in [-0.3, -0.25) is 9.48 Å². The molecule has 0 unspecified atom stereocenters. The first-order valence-corrected chi connectivity index (χ1v) is 6.07. The molecule has 0 saturated carbocycles. The molecule has 0 bridgehead atoms. The van der Waals surface area contributed by atoms with Crippen molar-refractivity contribution < 1.29 is 18.0 Å². The van der Waals surface area contributed by atoms with Crippen LogP contribution in [0.5, 0.6) is 0 Å². The molecule has 0 fully saturated rings. The molecule has 0 aliphatic rings. The number of carbonyl (C=O) groups is 1. The number of halogens is 3. The van der Waals surface area contributed by atoms with Gasteiger partial charge in [-0.25, -0.2) is 0 Å². The fraction of sp³-hybridized carbons (Fsp3) is 0.231. The predicted molar refractivity (Wildman–Crippen MR) is 70.2 cm³/mol. The third-order valence-corrected chi connectivity index (χ3v) is 2.78. The quantitative estimate of drug-likeness (QED) is 0.906. The molecule has 8 heteroatoms. The molecule has 0 saturated heterocycles. The zero-order valence-electron chi connectivity index (χ0n) is 10.9. The summed E-state index contributed by atoms with van der Waals surface area (Å²) >= 11 is 0. The Morgan fingerprint density at radius 1 is 1.33 bits per heavy atom. The number of nitrogens with one attached hydrogen (secondary N) is 1. The van der Waals surface area contributed by atoms with Gasteiger partial charge in [-0.2, -0.15) is 18.3 Å². The highest BCUT2D eigenvalue weighted by Crippen LogP contribution is 2.28. The van der Waals surface area contributed by atoms with Crippen LogP contribution in [-0.2, 0) is 24.1 Å². The monoisotopic (exact) mass is 298 g/mol. The third kappa shape index (κ3) is 3.82. The third-order valence-electron chi connectivity index (χ3n) is 2.78. The van der Waals surface area contributed by atoms with E-state index >= 15 is 0 Å². The van der Waals surface area contributed by atoms with Crippen molar-refractivity contribution in [3.05, 3.63) is 47.8 Å². The first-order chi connectivity index (χ1) is 9.90. The number of nitrogens with two attached hydrogens (primary N) is 1. The van der Waals surface area contributed by atoms with Gasteiger partial charge in [0.1, 0.15) is 6.54 Å². The fourth-order valence-electron chi connectivity index (χ4n) is 1.75. The zero-order valence-corrected chi connectivity index (χ0v) is 10.9. The Labute approximate surface area is 118 Å². The van der Waals surface area contributed by atoms with E-state index in [1.165, 1.54) is 0 Å². The van der Waals surface area contributed by atoms with E-state index in [4.69, 9.17) is 5.73 Å². The Bertz CT molecular complexity index is 636. The molecule has 0 radical (unpaired) electrons. The number of alkyl halides is 3. The lowest BCUT2D eigenvalue weighted by Gasteiger charge is -2.09. The molecule has 1 heterocycles. The number of anilines is 1. The fourth-order valence-corrected chi connectivity index (χ4v) is 1.75. The number of para-hydroxylation sites is 1. The Kier molecular flexibility index (Phi) is 4.27. The minimum Gasteiger partial charge on any atom is -0.326 e. The van der Waals surface area contributed by atoms with E-state index in [9.17, 15) is 18.0 Å². The Hall–Kier alpha value is -2.35. The summed E-state index contributed by atoms with van der Waals surface area (Å²) in [4.78, 5) is 11.8. The summed E-state index contributed by atoms with van der Waals surface area (Å²) < 4.78 is 38.2. The van der Waals surface area contributed by atoms with Crippen molar-refractivity contribution >= 4 is 11.6 Å². The highest BCUT2D eigenvalue weighted by atomic mass is 19.4. The number of benzene rings is 1. The maximum Gasteiger partial charge on any atom is 0.419 e. The molecule has 21 heavy (non-hydrogen) atoms. The van der Waals surface area contributed by atoms with Gasteiger partial charge < -0.3 is 11.1 Å². The van der Waals surface area contributed by atoms with E-state index in [0.717, 1.165) is 16.4 Å². The van der Waals surface area contributed by atoms with Crippen LogP contribution in [-0.4, -0.2) is 15.7 Å². The summed E-state index contributed by atoms with van der Waals surface area (Å²) in [7, 11) is 0. The molecule has 0 aliphatic heterocycles. The summed E-state index contributed by atoms with van der Waals surface area (Å²) in [5.74, 6) is -0.479.